The molecule has 1 rings (SSSR count). The van der Waals surface area contributed by atoms with Gasteiger partial charge in [-0.1, -0.05) is 19.4 Å². The van der Waals surface area contributed by atoms with Gasteiger partial charge in [0.05, 0.1) is 7.11 Å². The van der Waals surface area contributed by atoms with E-state index < -0.39 is 0 Å². The van der Waals surface area contributed by atoms with Crippen molar-refractivity contribution in [3.05, 3.63) is 23.8 Å². The van der Waals surface area contributed by atoms with Crippen molar-refractivity contribution in [2.24, 2.45) is 0 Å². The summed E-state index contributed by atoms with van der Waals surface area (Å²) in [7, 11) is 1.59. The van der Waals surface area contributed by atoms with E-state index in [-0.39, 0.29) is 0 Å². The topological polar surface area (TPSA) is 29.5 Å². The van der Waals surface area contributed by atoms with Gasteiger partial charge in [0, 0.05) is 6.07 Å². The molecule has 0 aliphatic rings. The summed E-state index contributed by atoms with van der Waals surface area (Å²) in [4.78, 5) is 0. The number of hydrogen-bond acceptors (Lipinski definition) is 2. The van der Waals surface area contributed by atoms with E-state index in [1.807, 2.05) is 12.1 Å². The smallest absolute Gasteiger partial charge is 0.122 e. The summed E-state index contributed by atoms with van der Waals surface area (Å²) in [6, 6.07) is 5.41. The Morgan fingerprint density at radius 1 is 1.42 bits per heavy atom. The molecule has 0 saturated carbocycles. The van der Waals surface area contributed by atoms with Crippen molar-refractivity contribution in [3.63, 3.8) is 0 Å². The molecule has 0 aromatic heterocycles. The second-order valence-corrected chi connectivity index (χ2v) is 2.74. The number of aromatic hydroxyl groups is 1. The summed E-state index contributed by atoms with van der Waals surface area (Å²) >= 11 is 0. The van der Waals surface area contributed by atoms with Crippen molar-refractivity contribution in [2.75, 3.05) is 7.11 Å². The van der Waals surface area contributed by atoms with Gasteiger partial charge in [-0.05, 0) is 18.1 Å². The molecule has 0 heterocycles. The van der Waals surface area contributed by atoms with Crippen LogP contribution < -0.4 is 4.74 Å². The second-order valence-electron chi connectivity index (χ2n) is 2.74. The van der Waals surface area contributed by atoms with Crippen molar-refractivity contribution < 1.29 is 9.84 Å². The van der Waals surface area contributed by atoms with Gasteiger partial charge in [0.25, 0.3) is 0 Å². The van der Waals surface area contributed by atoms with Crippen LogP contribution in [0, 0.1) is 0 Å². The Balaban J connectivity index is 2.87. The van der Waals surface area contributed by atoms with Crippen LogP contribution in [0.2, 0.25) is 0 Å². The van der Waals surface area contributed by atoms with Crippen LogP contribution in [0.15, 0.2) is 18.2 Å². The minimum Gasteiger partial charge on any atom is -0.508 e. The van der Waals surface area contributed by atoms with Crippen LogP contribution in [-0.4, -0.2) is 12.2 Å². The SMILES string of the molecule is CCCc1ccc(OC)cc1O. The van der Waals surface area contributed by atoms with Crippen molar-refractivity contribution in [3.8, 4) is 11.5 Å². The molecule has 0 aliphatic heterocycles. The monoisotopic (exact) mass is 166 g/mol. The number of aryl methyl sites for hydroxylation is 1. The van der Waals surface area contributed by atoms with Gasteiger partial charge in [-0.3, -0.25) is 0 Å². The average Bonchev–Trinajstić information content (AvgIpc) is 2.09. The van der Waals surface area contributed by atoms with E-state index >= 15 is 0 Å². The first kappa shape index (κ1) is 8.91. The Bertz CT molecular complexity index is 256. The third kappa shape index (κ3) is 1.91. The van der Waals surface area contributed by atoms with E-state index in [4.69, 9.17) is 4.74 Å². The molecular weight excluding hydrogens is 152 g/mol. The Morgan fingerprint density at radius 3 is 2.67 bits per heavy atom. The Labute approximate surface area is 72.8 Å². The van der Waals surface area contributed by atoms with Crippen LogP contribution in [0.5, 0.6) is 11.5 Å². The number of phenolic OH excluding ortho intramolecular Hbond substituents is 1. The molecule has 0 saturated heterocycles. The number of benzene rings is 1. The molecule has 0 aliphatic carbocycles. The van der Waals surface area contributed by atoms with Crippen molar-refractivity contribution in [1.29, 1.82) is 0 Å². The molecule has 2 nitrogen and oxygen atoms in total. The zero-order chi connectivity index (χ0) is 8.97. The van der Waals surface area contributed by atoms with Gasteiger partial charge in [-0.15, -0.1) is 0 Å². The highest BCUT2D eigenvalue weighted by Gasteiger charge is 2.00. The van der Waals surface area contributed by atoms with Crippen molar-refractivity contribution in [2.45, 2.75) is 19.8 Å². The van der Waals surface area contributed by atoms with Gasteiger partial charge in [0.2, 0.25) is 0 Å². The van der Waals surface area contributed by atoms with Crippen LogP contribution in [0.1, 0.15) is 18.9 Å². The first-order valence-electron chi connectivity index (χ1n) is 4.13. The molecule has 0 radical (unpaired) electrons. The van der Waals surface area contributed by atoms with Crippen LogP contribution >= 0.6 is 0 Å². The summed E-state index contributed by atoms with van der Waals surface area (Å²) in [5.41, 5.74) is 0.985. The maximum atomic E-state index is 9.47. The summed E-state index contributed by atoms with van der Waals surface area (Å²) in [5, 5.41) is 9.47. The normalized spacial score (nSPS) is 9.83. The fraction of sp³-hybridized carbons (Fsp3) is 0.400. The molecule has 1 N–H and O–H groups in total. The molecule has 1 aromatic carbocycles. The quantitative estimate of drug-likeness (QED) is 0.746. The lowest BCUT2D eigenvalue weighted by atomic mass is 10.1. The number of phenols is 1. The molecular formula is C10H14O2. The molecule has 2 heteroatoms. The van der Waals surface area contributed by atoms with Crippen LogP contribution in [0.25, 0.3) is 0 Å². The largest absolute Gasteiger partial charge is 0.508 e. The molecule has 12 heavy (non-hydrogen) atoms. The summed E-state index contributed by atoms with van der Waals surface area (Å²) in [5.74, 6) is 1.03. The summed E-state index contributed by atoms with van der Waals surface area (Å²) in [6.07, 6.45) is 1.95. The predicted molar refractivity (Wildman–Crippen MR) is 48.7 cm³/mol. The Hall–Kier alpha value is -1.18. The third-order valence-corrected chi connectivity index (χ3v) is 1.81. The first-order valence-corrected chi connectivity index (χ1v) is 4.13. The Morgan fingerprint density at radius 2 is 2.17 bits per heavy atom. The Kier molecular flexibility index (Phi) is 2.97. The number of ether oxygens (including phenoxy) is 1. The lowest BCUT2D eigenvalue weighted by Crippen LogP contribution is -1.86. The number of methoxy groups -OCH3 is 1. The highest BCUT2D eigenvalue weighted by atomic mass is 16.5. The number of hydrogen-bond donors (Lipinski definition) is 1. The van der Waals surface area contributed by atoms with E-state index in [1.165, 1.54) is 0 Å². The highest BCUT2D eigenvalue weighted by Crippen LogP contribution is 2.24. The predicted octanol–water partition coefficient (Wildman–Crippen LogP) is 2.35. The van der Waals surface area contributed by atoms with E-state index in [0.717, 1.165) is 18.4 Å². The molecule has 0 bridgehead atoms. The first-order chi connectivity index (χ1) is 5.77. The molecule has 66 valence electrons. The standard InChI is InChI=1S/C10H14O2/c1-3-4-8-5-6-9(12-2)7-10(8)11/h5-7,11H,3-4H2,1-2H3. The van der Waals surface area contributed by atoms with E-state index in [0.29, 0.717) is 11.5 Å². The van der Waals surface area contributed by atoms with Crippen LogP contribution in [0.3, 0.4) is 0 Å². The van der Waals surface area contributed by atoms with E-state index in [9.17, 15) is 5.11 Å². The van der Waals surface area contributed by atoms with Crippen LogP contribution in [0.4, 0.5) is 0 Å². The van der Waals surface area contributed by atoms with Gasteiger partial charge in [-0.25, -0.2) is 0 Å². The number of rotatable bonds is 3. The molecule has 0 unspecified atom stereocenters. The lowest BCUT2D eigenvalue weighted by Gasteiger charge is -2.04. The molecule has 0 fully saturated rings. The minimum atomic E-state index is 0.330. The summed E-state index contributed by atoms with van der Waals surface area (Å²) in [6.45, 7) is 2.09. The highest BCUT2D eigenvalue weighted by molar-refractivity contribution is 5.39. The molecule has 0 atom stereocenters. The van der Waals surface area contributed by atoms with E-state index in [2.05, 4.69) is 6.92 Å². The van der Waals surface area contributed by atoms with Crippen molar-refractivity contribution >= 4 is 0 Å². The van der Waals surface area contributed by atoms with Gasteiger partial charge in [-0.2, -0.15) is 0 Å². The van der Waals surface area contributed by atoms with E-state index in [1.54, 1.807) is 13.2 Å². The van der Waals surface area contributed by atoms with Crippen LogP contribution in [-0.2, 0) is 6.42 Å². The molecule has 1 aromatic rings. The van der Waals surface area contributed by atoms with Gasteiger partial charge in [0.1, 0.15) is 11.5 Å². The fourth-order valence-electron chi connectivity index (χ4n) is 1.15. The maximum absolute atomic E-state index is 9.47. The van der Waals surface area contributed by atoms with Gasteiger partial charge in [0.15, 0.2) is 0 Å². The lowest BCUT2D eigenvalue weighted by molar-refractivity contribution is 0.406. The second kappa shape index (κ2) is 4.00. The minimum absolute atomic E-state index is 0.330. The zero-order valence-corrected chi connectivity index (χ0v) is 7.50. The average molecular weight is 166 g/mol. The van der Waals surface area contributed by atoms with Crippen molar-refractivity contribution in [1.82, 2.24) is 0 Å². The summed E-state index contributed by atoms with van der Waals surface area (Å²) < 4.78 is 4.97. The maximum Gasteiger partial charge on any atom is 0.122 e. The molecule has 0 amide bonds. The van der Waals surface area contributed by atoms with Gasteiger partial charge < -0.3 is 9.84 Å². The molecule has 0 spiro atoms. The fourth-order valence-corrected chi connectivity index (χ4v) is 1.15. The third-order valence-electron chi connectivity index (χ3n) is 1.81. The zero-order valence-electron chi connectivity index (χ0n) is 7.50. The van der Waals surface area contributed by atoms with Gasteiger partial charge >= 0.3 is 0 Å².